The van der Waals surface area contributed by atoms with Gasteiger partial charge in [-0.2, -0.15) is 11.8 Å². The summed E-state index contributed by atoms with van der Waals surface area (Å²) in [5.41, 5.74) is 0. The van der Waals surface area contributed by atoms with E-state index in [1.807, 2.05) is 6.26 Å². The third-order valence-corrected chi connectivity index (χ3v) is 4.87. The molecule has 8 heteroatoms. The molecule has 0 N–H and O–H groups in total. The molecule has 2 rings (SSSR count). The Bertz CT molecular complexity index is 434. The molecule has 2 aliphatic rings. The van der Waals surface area contributed by atoms with Crippen LogP contribution in [0.5, 0.6) is 0 Å². The molecule has 3 unspecified atom stereocenters. The van der Waals surface area contributed by atoms with E-state index >= 15 is 0 Å². The summed E-state index contributed by atoms with van der Waals surface area (Å²) in [7, 11) is 0. The highest BCUT2D eigenvalue weighted by molar-refractivity contribution is 7.99. The first-order chi connectivity index (χ1) is 11.4. The molecule has 0 amide bonds. The van der Waals surface area contributed by atoms with Crippen molar-refractivity contribution in [3.8, 4) is 0 Å². The zero-order valence-electron chi connectivity index (χ0n) is 13.4. The van der Waals surface area contributed by atoms with Crippen molar-refractivity contribution in [3.63, 3.8) is 0 Å². The molecule has 1 saturated carbocycles. The minimum atomic E-state index is -4.72. The highest BCUT2D eigenvalue weighted by Gasteiger charge is 2.37. The van der Waals surface area contributed by atoms with Crippen LogP contribution >= 0.6 is 11.8 Å². The topological polar surface area (TPSA) is 27.7 Å². The number of halogens is 4. The molecule has 1 aliphatic heterocycles. The second-order valence-electron chi connectivity index (χ2n) is 5.91. The smallest absolute Gasteiger partial charge is 0.348 e. The largest absolute Gasteiger partial charge is 0.522 e. The third kappa shape index (κ3) is 7.13. The molecule has 1 saturated heterocycles. The fraction of sp³-hybridized carbons (Fsp3) is 0.750. The van der Waals surface area contributed by atoms with Gasteiger partial charge in [0.15, 0.2) is 6.29 Å². The van der Waals surface area contributed by atoms with E-state index in [4.69, 9.17) is 9.47 Å². The van der Waals surface area contributed by atoms with Gasteiger partial charge in [-0.1, -0.05) is 18.2 Å². The fourth-order valence-corrected chi connectivity index (χ4v) is 3.24. The summed E-state index contributed by atoms with van der Waals surface area (Å²) in [6.45, 7) is 1.23. The van der Waals surface area contributed by atoms with Gasteiger partial charge >= 0.3 is 6.36 Å². The lowest BCUT2D eigenvalue weighted by Crippen LogP contribution is -2.33. The van der Waals surface area contributed by atoms with Gasteiger partial charge in [0.05, 0.1) is 24.6 Å². The first kappa shape index (κ1) is 19.8. The molecule has 0 bridgehead atoms. The Morgan fingerprint density at radius 1 is 1.04 bits per heavy atom. The molecular weight excluding hydrogens is 348 g/mol. The molecule has 1 aliphatic carbocycles. The molecular formula is C16H22F4O3S. The molecule has 24 heavy (non-hydrogen) atoms. The monoisotopic (exact) mass is 370 g/mol. The summed E-state index contributed by atoms with van der Waals surface area (Å²) in [5, 5.41) is 0.333. The number of allylic oxidation sites excluding steroid dienone is 3. The summed E-state index contributed by atoms with van der Waals surface area (Å²) in [5.74, 6) is -0.278. The number of hydrogen-bond donors (Lipinski definition) is 0. The van der Waals surface area contributed by atoms with E-state index in [1.54, 1.807) is 36.1 Å². The average molecular weight is 370 g/mol. The standard InChI is InChI=1S/C16H22F4O3S/c1-24-14-9-21-15(22-10-14)5-3-2-4-11-6-12(17)8-13(7-11)23-16(18,19)20/h2-5,11-15H,6-10H2,1H3/b4-2+,5-3+. The number of hydrogen-bond acceptors (Lipinski definition) is 4. The van der Waals surface area contributed by atoms with E-state index in [0.717, 1.165) is 0 Å². The highest BCUT2D eigenvalue weighted by Crippen LogP contribution is 2.33. The Morgan fingerprint density at radius 2 is 1.71 bits per heavy atom. The van der Waals surface area contributed by atoms with Crippen molar-refractivity contribution >= 4 is 11.8 Å². The van der Waals surface area contributed by atoms with Crippen LogP contribution in [0.15, 0.2) is 24.3 Å². The summed E-state index contributed by atoms with van der Waals surface area (Å²) in [4.78, 5) is 0. The number of alkyl halides is 4. The molecule has 3 atom stereocenters. The second-order valence-corrected chi connectivity index (χ2v) is 7.05. The van der Waals surface area contributed by atoms with Crippen LogP contribution in [0, 0.1) is 5.92 Å². The van der Waals surface area contributed by atoms with E-state index in [9.17, 15) is 17.6 Å². The predicted octanol–water partition coefficient (Wildman–Crippen LogP) is 4.25. The van der Waals surface area contributed by atoms with Gasteiger partial charge in [-0.3, -0.25) is 4.74 Å². The van der Waals surface area contributed by atoms with Gasteiger partial charge in [0, 0.05) is 6.42 Å². The maximum Gasteiger partial charge on any atom is 0.522 e. The predicted molar refractivity (Wildman–Crippen MR) is 84.4 cm³/mol. The number of thioether (sulfide) groups is 1. The minimum Gasteiger partial charge on any atom is -0.348 e. The summed E-state index contributed by atoms with van der Waals surface area (Å²) < 4.78 is 65.3. The van der Waals surface area contributed by atoms with Gasteiger partial charge in [-0.15, -0.1) is 13.2 Å². The van der Waals surface area contributed by atoms with E-state index in [2.05, 4.69) is 4.74 Å². The summed E-state index contributed by atoms with van der Waals surface area (Å²) in [6.07, 6.45) is 1.47. The Kier molecular flexibility index (Phi) is 7.59. The number of rotatable bonds is 5. The second kappa shape index (κ2) is 9.22. The first-order valence-electron chi connectivity index (χ1n) is 7.85. The molecule has 0 radical (unpaired) electrons. The molecule has 0 aromatic rings. The zero-order valence-corrected chi connectivity index (χ0v) is 14.2. The zero-order chi connectivity index (χ0) is 17.6. The van der Waals surface area contributed by atoms with Crippen LogP contribution in [0.3, 0.4) is 0 Å². The van der Waals surface area contributed by atoms with Gasteiger partial charge in [0.1, 0.15) is 6.17 Å². The Balaban J connectivity index is 1.77. The lowest BCUT2D eigenvalue weighted by Gasteiger charge is -2.30. The van der Waals surface area contributed by atoms with Gasteiger partial charge in [-0.05, 0) is 31.1 Å². The van der Waals surface area contributed by atoms with Crippen molar-refractivity contribution in [2.75, 3.05) is 19.5 Å². The van der Waals surface area contributed by atoms with Crippen molar-refractivity contribution in [2.24, 2.45) is 5.92 Å². The maximum absolute atomic E-state index is 13.6. The average Bonchev–Trinajstić information content (AvgIpc) is 2.50. The maximum atomic E-state index is 13.6. The van der Waals surface area contributed by atoms with Crippen molar-refractivity contribution < 1.29 is 31.8 Å². The quantitative estimate of drug-likeness (QED) is 0.534. The molecule has 0 aromatic heterocycles. The normalized spacial score (nSPS) is 35.8. The number of ether oxygens (including phenoxy) is 3. The first-order valence-corrected chi connectivity index (χ1v) is 9.14. The molecule has 138 valence electrons. The molecule has 0 spiro atoms. The van der Waals surface area contributed by atoms with Crippen molar-refractivity contribution in [1.82, 2.24) is 0 Å². The van der Waals surface area contributed by atoms with Gasteiger partial charge < -0.3 is 9.47 Å². The lowest BCUT2D eigenvalue weighted by atomic mass is 9.85. The van der Waals surface area contributed by atoms with E-state index in [-0.39, 0.29) is 25.2 Å². The third-order valence-electron chi connectivity index (χ3n) is 3.93. The van der Waals surface area contributed by atoms with Crippen molar-refractivity contribution in [1.29, 1.82) is 0 Å². The summed E-state index contributed by atoms with van der Waals surface area (Å²) >= 11 is 1.68. The fourth-order valence-electron chi connectivity index (χ4n) is 2.81. The van der Waals surface area contributed by atoms with Crippen LogP contribution in [-0.4, -0.2) is 49.6 Å². The van der Waals surface area contributed by atoms with Crippen LogP contribution in [0.1, 0.15) is 19.3 Å². The van der Waals surface area contributed by atoms with Crippen LogP contribution in [0.4, 0.5) is 17.6 Å². The lowest BCUT2D eigenvalue weighted by molar-refractivity contribution is -0.347. The van der Waals surface area contributed by atoms with Crippen LogP contribution in [0.2, 0.25) is 0 Å². The summed E-state index contributed by atoms with van der Waals surface area (Å²) in [6, 6.07) is 0. The van der Waals surface area contributed by atoms with Gasteiger partial charge in [0.25, 0.3) is 0 Å². The van der Waals surface area contributed by atoms with E-state index in [1.165, 1.54) is 0 Å². The van der Waals surface area contributed by atoms with E-state index < -0.39 is 24.9 Å². The molecule has 0 aromatic carbocycles. The van der Waals surface area contributed by atoms with Crippen LogP contribution in [-0.2, 0) is 14.2 Å². The van der Waals surface area contributed by atoms with Crippen molar-refractivity contribution in [2.45, 2.75) is 49.4 Å². The van der Waals surface area contributed by atoms with Crippen LogP contribution < -0.4 is 0 Å². The van der Waals surface area contributed by atoms with Crippen LogP contribution in [0.25, 0.3) is 0 Å². The molecule has 3 nitrogen and oxygen atoms in total. The Hall–Kier alpha value is -0.570. The van der Waals surface area contributed by atoms with E-state index in [0.29, 0.717) is 18.5 Å². The van der Waals surface area contributed by atoms with Gasteiger partial charge in [-0.25, -0.2) is 4.39 Å². The highest BCUT2D eigenvalue weighted by atomic mass is 32.2. The van der Waals surface area contributed by atoms with Crippen molar-refractivity contribution in [3.05, 3.63) is 24.3 Å². The Morgan fingerprint density at radius 3 is 2.33 bits per heavy atom. The SMILES string of the molecule is CSC1COC(/C=C/C=C/C2CC(F)CC(OC(F)(F)F)C2)OC1. The molecule has 2 fully saturated rings. The molecule has 1 heterocycles. The Labute approximate surface area is 143 Å². The minimum absolute atomic E-state index is 0.163. The van der Waals surface area contributed by atoms with Gasteiger partial charge in [0.2, 0.25) is 0 Å².